The summed E-state index contributed by atoms with van der Waals surface area (Å²) in [5.74, 6) is 0. The lowest BCUT2D eigenvalue weighted by Gasteiger charge is -2.29. The maximum absolute atomic E-state index is 12.4. The van der Waals surface area contributed by atoms with Crippen molar-refractivity contribution < 1.29 is 9.53 Å². The van der Waals surface area contributed by atoms with Crippen LogP contribution in [0.2, 0.25) is 0 Å². The van der Waals surface area contributed by atoms with Gasteiger partial charge in [-0.05, 0) is 62.6 Å². The van der Waals surface area contributed by atoms with E-state index in [0.717, 1.165) is 56.6 Å². The molecule has 5 rings (SSSR count). The van der Waals surface area contributed by atoms with Crippen molar-refractivity contribution in [3.05, 3.63) is 54.0 Å². The van der Waals surface area contributed by atoms with Gasteiger partial charge in [0.2, 0.25) is 0 Å². The molecule has 1 aromatic carbocycles. The summed E-state index contributed by atoms with van der Waals surface area (Å²) in [5, 5.41) is 12.7. The molecule has 4 aromatic rings. The zero-order valence-corrected chi connectivity index (χ0v) is 19.6. The lowest BCUT2D eigenvalue weighted by molar-refractivity contribution is 0.0270. The van der Waals surface area contributed by atoms with Crippen molar-refractivity contribution in [2.75, 3.05) is 18.4 Å². The van der Waals surface area contributed by atoms with Crippen molar-refractivity contribution in [3.63, 3.8) is 0 Å². The Morgan fingerprint density at radius 2 is 2.15 bits per heavy atom. The van der Waals surface area contributed by atoms with Gasteiger partial charge < -0.3 is 25.7 Å². The number of carbonyl (C=O) groups is 1. The third-order valence-electron chi connectivity index (χ3n) is 5.87. The van der Waals surface area contributed by atoms with Crippen molar-refractivity contribution in [1.29, 1.82) is 0 Å². The monoisotopic (exact) mass is 459 g/mol. The number of benzene rings is 1. The Morgan fingerprint density at radius 3 is 2.88 bits per heavy atom. The van der Waals surface area contributed by atoms with E-state index in [4.69, 9.17) is 10.5 Å². The number of anilines is 2. The summed E-state index contributed by atoms with van der Waals surface area (Å²) in [6.45, 7) is 7.19. The molecule has 0 aliphatic carbocycles. The molecule has 1 aliphatic heterocycles. The lowest BCUT2D eigenvalue weighted by atomic mass is 10.0. The van der Waals surface area contributed by atoms with Gasteiger partial charge in [-0.1, -0.05) is 6.08 Å². The van der Waals surface area contributed by atoms with E-state index in [2.05, 4.69) is 37.6 Å². The number of aromatic nitrogens is 4. The number of carbonyl (C=O) groups excluding carboxylic acids is 1. The molecule has 0 saturated carbocycles. The molecule has 176 valence electrons. The second-order valence-corrected chi connectivity index (χ2v) is 9.51. The van der Waals surface area contributed by atoms with Crippen LogP contribution in [0.15, 0.2) is 42.7 Å². The minimum Gasteiger partial charge on any atom is -0.444 e. The van der Waals surface area contributed by atoms with E-state index in [1.54, 1.807) is 17.3 Å². The second kappa shape index (κ2) is 8.49. The molecule has 0 unspecified atom stereocenters. The zero-order valence-electron chi connectivity index (χ0n) is 19.6. The summed E-state index contributed by atoms with van der Waals surface area (Å²) in [5.41, 5.74) is 12.3. The first-order chi connectivity index (χ1) is 16.3. The number of nitrogens with one attached hydrogen (secondary N) is 3. The van der Waals surface area contributed by atoms with Gasteiger partial charge in [0.1, 0.15) is 11.2 Å². The number of nitrogens with two attached hydrogens (primary N) is 1. The molecule has 1 aliphatic rings. The fraction of sp³-hybridized carbons (Fsp3) is 0.320. The van der Waals surface area contributed by atoms with Crippen LogP contribution < -0.4 is 11.1 Å². The standard InChI is InChI=1S/C25H29N7O2/c1-25(2,3)34-24(33)32-8-5-15(6-9-32)21-12-19-20(4-7-27-23(19)30-21)29-18-10-16(13-26)22-17(11-18)14-28-31-22/h4-5,7,10-12,14H,6,8-9,13,26H2,1-3H3,(H,28,31)(H2,27,29,30). The van der Waals surface area contributed by atoms with Crippen molar-refractivity contribution in [2.24, 2.45) is 5.73 Å². The van der Waals surface area contributed by atoms with Gasteiger partial charge in [-0.2, -0.15) is 5.10 Å². The number of amides is 1. The minimum atomic E-state index is -0.500. The molecule has 0 atom stereocenters. The van der Waals surface area contributed by atoms with E-state index in [1.165, 1.54) is 0 Å². The summed E-state index contributed by atoms with van der Waals surface area (Å²) in [6, 6.07) is 8.16. The highest BCUT2D eigenvalue weighted by Gasteiger charge is 2.24. The maximum atomic E-state index is 12.4. The number of ether oxygens (including phenoxy) is 1. The largest absolute Gasteiger partial charge is 0.444 e. The number of rotatable bonds is 4. The normalized spacial score (nSPS) is 14.5. The third kappa shape index (κ3) is 4.34. The Morgan fingerprint density at radius 1 is 1.29 bits per heavy atom. The quantitative estimate of drug-likeness (QED) is 0.352. The van der Waals surface area contributed by atoms with E-state index < -0.39 is 5.60 Å². The Hall–Kier alpha value is -3.85. The molecule has 0 saturated heterocycles. The minimum absolute atomic E-state index is 0.279. The van der Waals surface area contributed by atoms with Crippen molar-refractivity contribution in [1.82, 2.24) is 25.1 Å². The summed E-state index contributed by atoms with van der Waals surface area (Å²) in [4.78, 5) is 22.0. The number of aromatic amines is 2. The number of hydrogen-bond acceptors (Lipinski definition) is 6. The van der Waals surface area contributed by atoms with E-state index >= 15 is 0 Å². The predicted octanol–water partition coefficient (Wildman–Crippen LogP) is 4.67. The number of fused-ring (bicyclic) bond motifs is 2. The SMILES string of the molecule is CC(C)(C)OC(=O)N1CC=C(c2cc3c(Nc4cc(CN)c5[nH]ncc5c4)ccnc3[nH]2)CC1. The second-order valence-electron chi connectivity index (χ2n) is 9.51. The fourth-order valence-electron chi connectivity index (χ4n) is 4.23. The van der Waals surface area contributed by atoms with Gasteiger partial charge >= 0.3 is 6.09 Å². The van der Waals surface area contributed by atoms with Gasteiger partial charge in [0.05, 0.1) is 17.4 Å². The molecule has 9 nitrogen and oxygen atoms in total. The number of H-pyrrole nitrogens is 2. The molecule has 0 bridgehead atoms. The van der Waals surface area contributed by atoms with Crippen molar-refractivity contribution >= 4 is 45.0 Å². The Balaban J connectivity index is 1.39. The summed E-state index contributed by atoms with van der Waals surface area (Å²) in [6.07, 6.45) is 6.12. The van der Waals surface area contributed by atoms with Crippen molar-refractivity contribution in [3.8, 4) is 0 Å². The summed E-state index contributed by atoms with van der Waals surface area (Å²) < 4.78 is 5.49. The van der Waals surface area contributed by atoms with Crippen molar-refractivity contribution in [2.45, 2.75) is 39.3 Å². The van der Waals surface area contributed by atoms with E-state index in [1.807, 2.05) is 39.0 Å². The fourth-order valence-corrected chi connectivity index (χ4v) is 4.23. The first kappa shape index (κ1) is 22.0. The maximum Gasteiger partial charge on any atom is 0.410 e. The highest BCUT2D eigenvalue weighted by Crippen LogP contribution is 2.32. The first-order valence-electron chi connectivity index (χ1n) is 11.4. The van der Waals surface area contributed by atoms with Crippen LogP contribution in [0.3, 0.4) is 0 Å². The highest BCUT2D eigenvalue weighted by molar-refractivity contribution is 5.95. The van der Waals surface area contributed by atoms with Gasteiger partial charge in [-0.25, -0.2) is 9.78 Å². The van der Waals surface area contributed by atoms with Gasteiger partial charge in [-0.15, -0.1) is 0 Å². The van der Waals surface area contributed by atoms with Gasteiger partial charge in [0.15, 0.2) is 0 Å². The molecule has 5 N–H and O–H groups in total. The average molecular weight is 460 g/mol. The Bertz CT molecular complexity index is 1390. The van der Waals surface area contributed by atoms with Crippen LogP contribution in [0.25, 0.3) is 27.5 Å². The van der Waals surface area contributed by atoms with Crippen LogP contribution in [0.1, 0.15) is 38.4 Å². The number of nitrogens with zero attached hydrogens (tertiary/aromatic N) is 3. The Labute approximate surface area is 197 Å². The molecule has 34 heavy (non-hydrogen) atoms. The molecule has 4 heterocycles. The molecular formula is C25H29N7O2. The molecule has 3 aromatic heterocycles. The predicted molar refractivity (Wildman–Crippen MR) is 134 cm³/mol. The van der Waals surface area contributed by atoms with Crippen LogP contribution >= 0.6 is 0 Å². The molecule has 0 spiro atoms. The smallest absolute Gasteiger partial charge is 0.410 e. The third-order valence-corrected chi connectivity index (χ3v) is 5.87. The first-order valence-corrected chi connectivity index (χ1v) is 11.4. The van der Waals surface area contributed by atoms with Crippen LogP contribution in [0.5, 0.6) is 0 Å². The molecule has 1 amide bonds. The topological polar surface area (TPSA) is 125 Å². The van der Waals surface area contributed by atoms with E-state index in [-0.39, 0.29) is 6.09 Å². The van der Waals surface area contributed by atoms with Gasteiger partial charge in [-0.3, -0.25) is 5.10 Å². The van der Waals surface area contributed by atoms with Gasteiger partial charge in [0.25, 0.3) is 0 Å². The van der Waals surface area contributed by atoms with E-state index in [9.17, 15) is 4.79 Å². The van der Waals surface area contributed by atoms with Crippen LogP contribution in [0, 0.1) is 0 Å². The average Bonchev–Trinajstić information content (AvgIpc) is 3.45. The van der Waals surface area contributed by atoms with Crippen LogP contribution in [-0.2, 0) is 11.3 Å². The lowest BCUT2D eigenvalue weighted by Crippen LogP contribution is -2.39. The van der Waals surface area contributed by atoms with E-state index in [0.29, 0.717) is 19.6 Å². The number of pyridine rings is 1. The zero-order chi connectivity index (χ0) is 23.9. The molecular weight excluding hydrogens is 430 g/mol. The Kier molecular flexibility index (Phi) is 5.49. The number of hydrogen-bond donors (Lipinski definition) is 4. The van der Waals surface area contributed by atoms with Crippen LogP contribution in [0.4, 0.5) is 16.2 Å². The molecule has 9 heteroatoms. The van der Waals surface area contributed by atoms with Crippen LogP contribution in [-0.4, -0.2) is 49.8 Å². The molecule has 0 fully saturated rings. The van der Waals surface area contributed by atoms with Gasteiger partial charge in [0, 0.05) is 48.0 Å². The highest BCUT2D eigenvalue weighted by atomic mass is 16.6. The summed E-state index contributed by atoms with van der Waals surface area (Å²) in [7, 11) is 0. The molecule has 0 radical (unpaired) electrons. The summed E-state index contributed by atoms with van der Waals surface area (Å²) >= 11 is 0.